The molecule has 0 aliphatic rings. The van der Waals surface area contributed by atoms with Gasteiger partial charge in [-0.25, -0.2) is 4.98 Å². The summed E-state index contributed by atoms with van der Waals surface area (Å²) in [6.45, 7) is 4.37. The van der Waals surface area contributed by atoms with Gasteiger partial charge in [0, 0.05) is 17.0 Å². The van der Waals surface area contributed by atoms with Gasteiger partial charge in [-0.2, -0.15) is 0 Å². The third-order valence-corrected chi connectivity index (χ3v) is 5.93. The largest absolute Gasteiger partial charge is 0.290 e. The smallest absolute Gasteiger partial charge is 0.146 e. The maximum Gasteiger partial charge on any atom is 0.146 e. The highest BCUT2D eigenvalue weighted by Gasteiger charge is 2.16. The van der Waals surface area contributed by atoms with Crippen LogP contribution in [0.2, 0.25) is 0 Å². The molecule has 0 aliphatic heterocycles. The summed E-state index contributed by atoms with van der Waals surface area (Å²) >= 11 is 0. The molecule has 3 heterocycles. The van der Waals surface area contributed by atoms with E-state index in [1.54, 1.807) is 6.20 Å². The Kier molecular flexibility index (Phi) is 3.30. The lowest BCUT2D eigenvalue weighted by molar-refractivity contribution is 1.28. The molecule has 0 fully saturated rings. The highest BCUT2D eigenvalue weighted by atomic mass is 15.0. The first-order chi connectivity index (χ1) is 14.2. The van der Waals surface area contributed by atoms with Crippen molar-refractivity contribution in [2.45, 2.75) is 13.8 Å². The van der Waals surface area contributed by atoms with Crippen LogP contribution in [0.5, 0.6) is 0 Å². The van der Waals surface area contributed by atoms with Crippen molar-refractivity contribution in [1.29, 1.82) is 0 Å². The number of imidazole rings is 1. The van der Waals surface area contributed by atoms with Gasteiger partial charge in [-0.1, -0.05) is 42.5 Å². The first-order valence-electron chi connectivity index (χ1n) is 9.85. The molecule has 0 atom stereocenters. The van der Waals surface area contributed by atoms with Gasteiger partial charge in [-0.05, 0) is 65.8 Å². The minimum Gasteiger partial charge on any atom is -0.290 e. The molecular formula is C26H19N3. The molecule has 0 unspecified atom stereocenters. The Morgan fingerprint density at radius 3 is 2.41 bits per heavy atom. The van der Waals surface area contributed by atoms with Crippen molar-refractivity contribution < 1.29 is 0 Å². The normalized spacial score (nSPS) is 11.8. The zero-order valence-corrected chi connectivity index (χ0v) is 16.3. The van der Waals surface area contributed by atoms with Gasteiger partial charge >= 0.3 is 0 Å². The molecule has 0 N–H and O–H groups in total. The fraction of sp³-hybridized carbons (Fsp3) is 0.0769. The van der Waals surface area contributed by atoms with Gasteiger partial charge in [0.05, 0.1) is 22.7 Å². The summed E-state index contributed by atoms with van der Waals surface area (Å²) in [4.78, 5) is 9.32. The van der Waals surface area contributed by atoms with Crippen LogP contribution in [0.25, 0.3) is 49.5 Å². The summed E-state index contributed by atoms with van der Waals surface area (Å²) in [6, 6.07) is 23.8. The standard InChI is InChI=1S/C26H19N3/c1-16-7-3-4-8-18(16)20-14-21-19-9-5-6-10-24(19)29-25-15-27-12-11-23(25)28-26(29)22(21)13-17(20)2/h3-15H,1-2H3. The molecule has 3 nitrogen and oxygen atoms in total. The van der Waals surface area contributed by atoms with Crippen molar-refractivity contribution in [3.8, 4) is 11.1 Å². The fourth-order valence-electron chi connectivity index (χ4n) is 4.53. The lowest BCUT2D eigenvalue weighted by Crippen LogP contribution is -1.94. The van der Waals surface area contributed by atoms with Crippen LogP contribution in [0.1, 0.15) is 11.1 Å². The summed E-state index contributed by atoms with van der Waals surface area (Å²) < 4.78 is 2.24. The monoisotopic (exact) mass is 373 g/mol. The molecule has 0 saturated carbocycles. The summed E-state index contributed by atoms with van der Waals surface area (Å²) in [6.07, 6.45) is 3.71. The summed E-state index contributed by atoms with van der Waals surface area (Å²) in [5.74, 6) is 0. The van der Waals surface area contributed by atoms with Crippen LogP contribution in [0.3, 0.4) is 0 Å². The average molecular weight is 373 g/mol. The average Bonchev–Trinajstić information content (AvgIpc) is 3.14. The van der Waals surface area contributed by atoms with Crippen molar-refractivity contribution in [3.63, 3.8) is 0 Å². The topological polar surface area (TPSA) is 30.2 Å². The second-order valence-corrected chi connectivity index (χ2v) is 7.68. The molecule has 0 aliphatic carbocycles. The molecular weight excluding hydrogens is 354 g/mol. The Morgan fingerprint density at radius 1 is 0.690 bits per heavy atom. The summed E-state index contributed by atoms with van der Waals surface area (Å²) in [5.41, 5.74) is 9.27. The van der Waals surface area contributed by atoms with Gasteiger partial charge in [0.15, 0.2) is 0 Å². The highest BCUT2D eigenvalue weighted by Crippen LogP contribution is 2.37. The highest BCUT2D eigenvalue weighted by molar-refractivity contribution is 6.15. The number of aromatic nitrogens is 3. The Balaban J connectivity index is 1.85. The molecule has 0 amide bonds. The molecule has 6 rings (SSSR count). The van der Waals surface area contributed by atoms with E-state index in [1.165, 1.54) is 38.4 Å². The molecule has 138 valence electrons. The maximum absolute atomic E-state index is 4.98. The number of hydrogen-bond acceptors (Lipinski definition) is 2. The first-order valence-corrected chi connectivity index (χ1v) is 9.85. The van der Waals surface area contributed by atoms with Gasteiger partial charge in [0.2, 0.25) is 0 Å². The van der Waals surface area contributed by atoms with Gasteiger partial charge in [0.1, 0.15) is 5.65 Å². The molecule has 3 aromatic carbocycles. The predicted octanol–water partition coefficient (Wildman–Crippen LogP) is 6.47. The van der Waals surface area contributed by atoms with E-state index in [1.807, 2.05) is 12.3 Å². The van der Waals surface area contributed by atoms with E-state index in [0.717, 1.165) is 22.2 Å². The molecule has 3 aromatic heterocycles. The molecule has 0 bridgehead atoms. The second kappa shape index (κ2) is 5.89. The van der Waals surface area contributed by atoms with Crippen molar-refractivity contribution in [2.24, 2.45) is 0 Å². The zero-order valence-electron chi connectivity index (χ0n) is 16.3. The van der Waals surface area contributed by atoms with E-state index in [2.05, 4.69) is 83.9 Å². The lowest BCUT2D eigenvalue weighted by Gasteiger charge is -2.14. The molecule has 3 heteroatoms. The van der Waals surface area contributed by atoms with Gasteiger partial charge in [-0.3, -0.25) is 9.38 Å². The fourth-order valence-corrected chi connectivity index (χ4v) is 4.53. The van der Waals surface area contributed by atoms with Crippen LogP contribution in [-0.2, 0) is 0 Å². The Hall–Kier alpha value is -3.72. The number of pyridine rings is 2. The van der Waals surface area contributed by atoms with Crippen LogP contribution in [-0.4, -0.2) is 14.4 Å². The quantitative estimate of drug-likeness (QED) is 0.309. The Bertz CT molecular complexity index is 1570. The van der Waals surface area contributed by atoms with Gasteiger partial charge in [0.25, 0.3) is 0 Å². The molecule has 0 spiro atoms. The SMILES string of the molecule is Cc1ccccc1-c1cc2c3ccccc3n3c4cnccc4nc3c2cc1C. The molecule has 0 radical (unpaired) electrons. The number of hydrogen-bond donors (Lipinski definition) is 0. The third kappa shape index (κ3) is 2.24. The predicted molar refractivity (Wildman–Crippen MR) is 120 cm³/mol. The maximum atomic E-state index is 4.98. The van der Waals surface area contributed by atoms with Crippen LogP contribution >= 0.6 is 0 Å². The minimum atomic E-state index is 0.971. The molecule has 29 heavy (non-hydrogen) atoms. The van der Waals surface area contributed by atoms with Crippen molar-refractivity contribution in [1.82, 2.24) is 14.4 Å². The van der Waals surface area contributed by atoms with E-state index in [9.17, 15) is 0 Å². The zero-order chi connectivity index (χ0) is 19.5. The van der Waals surface area contributed by atoms with E-state index < -0.39 is 0 Å². The van der Waals surface area contributed by atoms with E-state index in [0.29, 0.717) is 0 Å². The first kappa shape index (κ1) is 16.3. The van der Waals surface area contributed by atoms with Gasteiger partial charge < -0.3 is 0 Å². The number of benzene rings is 3. The Labute approximate surface area is 168 Å². The molecule has 0 saturated heterocycles. The number of rotatable bonds is 1. The van der Waals surface area contributed by atoms with Gasteiger partial charge in [-0.15, -0.1) is 0 Å². The van der Waals surface area contributed by atoms with E-state index in [-0.39, 0.29) is 0 Å². The molecule has 6 aromatic rings. The lowest BCUT2D eigenvalue weighted by atomic mass is 9.93. The Morgan fingerprint density at radius 2 is 1.52 bits per heavy atom. The van der Waals surface area contributed by atoms with Crippen molar-refractivity contribution in [3.05, 3.63) is 90.3 Å². The summed E-state index contributed by atoms with van der Waals surface area (Å²) in [7, 11) is 0. The van der Waals surface area contributed by atoms with Crippen molar-refractivity contribution in [2.75, 3.05) is 0 Å². The van der Waals surface area contributed by atoms with Crippen LogP contribution in [0.4, 0.5) is 0 Å². The van der Waals surface area contributed by atoms with Crippen LogP contribution in [0, 0.1) is 13.8 Å². The number of fused-ring (bicyclic) bond motifs is 8. The van der Waals surface area contributed by atoms with Crippen molar-refractivity contribution >= 4 is 38.4 Å². The van der Waals surface area contributed by atoms with Crippen LogP contribution in [0.15, 0.2) is 79.1 Å². The van der Waals surface area contributed by atoms with E-state index >= 15 is 0 Å². The second-order valence-electron chi connectivity index (χ2n) is 7.68. The number of para-hydroxylation sites is 1. The number of aryl methyl sites for hydroxylation is 2. The summed E-state index contributed by atoms with van der Waals surface area (Å²) in [5, 5.41) is 3.64. The third-order valence-electron chi connectivity index (χ3n) is 5.93. The number of nitrogens with zero attached hydrogens (tertiary/aromatic N) is 3. The van der Waals surface area contributed by atoms with E-state index in [4.69, 9.17) is 4.98 Å². The minimum absolute atomic E-state index is 0.971. The van der Waals surface area contributed by atoms with Crippen LogP contribution < -0.4 is 0 Å².